The molecule has 0 spiro atoms. The van der Waals surface area contributed by atoms with Gasteiger partial charge in [-0.25, -0.2) is 18.3 Å². The summed E-state index contributed by atoms with van der Waals surface area (Å²) in [5.41, 5.74) is 0. The summed E-state index contributed by atoms with van der Waals surface area (Å²) >= 11 is 0. The van der Waals surface area contributed by atoms with E-state index in [0.29, 0.717) is 6.42 Å². The first-order chi connectivity index (χ1) is 11.5. The number of imidazole rings is 2. The van der Waals surface area contributed by atoms with Crippen molar-refractivity contribution in [3.05, 3.63) is 63.4 Å². The van der Waals surface area contributed by atoms with Crippen molar-refractivity contribution >= 4 is 18.3 Å². The highest BCUT2D eigenvalue weighted by Crippen LogP contribution is 2.08. The van der Waals surface area contributed by atoms with Crippen molar-refractivity contribution < 1.29 is 38.7 Å². The van der Waals surface area contributed by atoms with Crippen LogP contribution in [0.4, 0.5) is 0 Å². The van der Waals surface area contributed by atoms with Crippen LogP contribution in [0.1, 0.15) is 12.8 Å². The molecular weight excluding hydrogens is 373 g/mol. The molecule has 26 heavy (non-hydrogen) atoms. The summed E-state index contributed by atoms with van der Waals surface area (Å²) in [6, 6.07) is 0. The van der Waals surface area contributed by atoms with Crippen LogP contribution in [-0.2, 0) is 18.9 Å². The fourth-order valence-corrected chi connectivity index (χ4v) is 2.02. The third kappa shape index (κ3) is 9.25. The number of hydrogen-bond donors (Lipinski definition) is 0. The summed E-state index contributed by atoms with van der Waals surface area (Å²) in [5.74, 6) is 0.208. The van der Waals surface area contributed by atoms with E-state index in [1.54, 1.807) is 23.5 Å². The Hall–Kier alpha value is -2.31. The van der Waals surface area contributed by atoms with Crippen LogP contribution in [0.25, 0.3) is 12.4 Å². The smallest absolute Gasteiger partial charge is 0.248 e. The van der Waals surface area contributed by atoms with Crippen LogP contribution in [0.3, 0.4) is 0 Å². The molecule has 0 saturated carbocycles. The summed E-state index contributed by atoms with van der Waals surface area (Å²) in [6.07, 6.45) is 18.5. The Morgan fingerprint density at radius 1 is 0.923 bits per heavy atom. The number of likely N-dealkylation sites (tertiary alicyclic amines) is 1. The molecule has 1 fully saturated rings. The SMILES string of the molecule is C=CN1CCCC1=O.C=Cn1cc[n+](C)c1.C=Cn1cc[n+](C)c1.[Cl-].[Cl-]. The first-order valence-corrected chi connectivity index (χ1v) is 7.72. The van der Waals surface area contributed by atoms with Gasteiger partial charge in [0.2, 0.25) is 18.6 Å². The first-order valence-electron chi connectivity index (χ1n) is 7.72. The number of carbonyl (C=O) groups excluding carboxylic acids is 1. The van der Waals surface area contributed by atoms with Gasteiger partial charge in [-0.3, -0.25) is 4.79 Å². The van der Waals surface area contributed by atoms with Gasteiger partial charge in [0, 0.05) is 13.0 Å². The van der Waals surface area contributed by atoms with Gasteiger partial charge in [0.25, 0.3) is 0 Å². The van der Waals surface area contributed by atoms with Gasteiger partial charge in [0.1, 0.15) is 24.8 Å². The number of hydrogen-bond acceptors (Lipinski definition) is 1. The van der Waals surface area contributed by atoms with Crippen LogP contribution in [0.15, 0.2) is 63.4 Å². The molecule has 3 heterocycles. The zero-order chi connectivity index (χ0) is 17.9. The minimum absolute atomic E-state index is 0. The molecule has 3 rings (SSSR count). The van der Waals surface area contributed by atoms with E-state index in [2.05, 4.69) is 19.7 Å². The zero-order valence-corrected chi connectivity index (χ0v) is 16.9. The second-order valence-electron chi connectivity index (χ2n) is 5.29. The van der Waals surface area contributed by atoms with E-state index in [0.717, 1.165) is 13.0 Å². The monoisotopic (exact) mass is 399 g/mol. The maximum Gasteiger partial charge on any atom is 0.248 e. The van der Waals surface area contributed by atoms with Crippen LogP contribution in [-0.4, -0.2) is 26.5 Å². The van der Waals surface area contributed by atoms with Gasteiger partial charge in [-0.2, -0.15) is 0 Å². The van der Waals surface area contributed by atoms with Crippen molar-refractivity contribution in [2.45, 2.75) is 12.8 Å². The second kappa shape index (κ2) is 13.9. The molecule has 6 nitrogen and oxygen atoms in total. The van der Waals surface area contributed by atoms with Gasteiger partial charge in [-0.1, -0.05) is 19.7 Å². The van der Waals surface area contributed by atoms with E-state index in [-0.39, 0.29) is 30.7 Å². The average Bonchev–Trinajstić information content (AvgIpc) is 3.30. The molecule has 0 N–H and O–H groups in total. The lowest BCUT2D eigenvalue weighted by Gasteiger charge is -2.05. The maximum absolute atomic E-state index is 10.7. The van der Waals surface area contributed by atoms with Gasteiger partial charge >= 0.3 is 0 Å². The summed E-state index contributed by atoms with van der Waals surface area (Å²) < 4.78 is 7.70. The molecule has 1 aliphatic heterocycles. The number of aromatic nitrogens is 4. The number of nitrogens with zero attached hydrogens (tertiary/aromatic N) is 5. The molecular formula is C18H27Cl2N5O. The van der Waals surface area contributed by atoms with Gasteiger partial charge in [0.15, 0.2) is 0 Å². The number of carbonyl (C=O) groups is 1. The van der Waals surface area contributed by atoms with Crippen LogP contribution in [0.5, 0.6) is 0 Å². The average molecular weight is 400 g/mol. The number of rotatable bonds is 3. The molecule has 1 amide bonds. The van der Waals surface area contributed by atoms with Crippen molar-refractivity contribution in [1.82, 2.24) is 14.0 Å². The molecule has 2 aromatic rings. The molecule has 1 saturated heterocycles. The minimum Gasteiger partial charge on any atom is -1.00 e. The molecule has 1 aliphatic rings. The normalized spacial score (nSPS) is 11.6. The Labute approximate surface area is 168 Å². The van der Waals surface area contributed by atoms with Crippen molar-refractivity contribution in [2.24, 2.45) is 14.1 Å². The largest absolute Gasteiger partial charge is 1.00 e. The fourth-order valence-electron chi connectivity index (χ4n) is 2.02. The van der Waals surface area contributed by atoms with Gasteiger partial charge in [-0.15, -0.1) is 0 Å². The minimum atomic E-state index is 0. The lowest BCUT2D eigenvalue weighted by atomic mass is 10.4. The highest BCUT2D eigenvalue weighted by molar-refractivity contribution is 5.78. The van der Waals surface area contributed by atoms with E-state index in [1.807, 2.05) is 69.8 Å². The summed E-state index contributed by atoms with van der Waals surface area (Å²) in [6.45, 7) is 11.5. The third-order valence-electron chi connectivity index (χ3n) is 3.33. The van der Waals surface area contributed by atoms with Crippen LogP contribution < -0.4 is 33.9 Å². The lowest BCUT2D eigenvalue weighted by molar-refractivity contribution is -0.670. The molecule has 0 radical (unpaired) electrons. The fraction of sp³-hybridized carbons (Fsp3) is 0.278. The van der Waals surface area contributed by atoms with Crippen molar-refractivity contribution in [3.63, 3.8) is 0 Å². The van der Waals surface area contributed by atoms with E-state index < -0.39 is 0 Å². The molecule has 144 valence electrons. The standard InChI is InChI=1S/2C6H9N2.C6H9NO.2ClH/c2*1-3-8-5-4-7(2)6-8;1-2-7-5-3-4-6(7)8;;/h2*3-6H,1H2,2H3;2H,1,3-5H2;2*1H/q2*+1;;;/p-2. The Morgan fingerprint density at radius 2 is 1.38 bits per heavy atom. The molecule has 0 aromatic carbocycles. The molecule has 0 bridgehead atoms. The predicted molar refractivity (Wildman–Crippen MR) is 95.1 cm³/mol. The van der Waals surface area contributed by atoms with E-state index >= 15 is 0 Å². The molecule has 0 atom stereocenters. The van der Waals surface area contributed by atoms with Gasteiger partial charge < -0.3 is 29.7 Å². The lowest BCUT2D eigenvalue weighted by Crippen LogP contribution is -3.00. The Balaban J connectivity index is 0. The number of halogens is 2. The maximum atomic E-state index is 10.7. The Morgan fingerprint density at radius 3 is 1.54 bits per heavy atom. The molecule has 2 aromatic heterocycles. The van der Waals surface area contributed by atoms with E-state index in [9.17, 15) is 4.79 Å². The van der Waals surface area contributed by atoms with Gasteiger partial charge in [0.05, 0.1) is 26.5 Å². The van der Waals surface area contributed by atoms with E-state index in [4.69, 9.17) is 0 Å². The molecule has 0 aliphatic carbocycles. The number of amides is 1. The zero-order valence-electron chi connectivity index (χ0n) is 15.3. The van der Waals surface area contributed by atoms with Crippen LogP contribution in [0.2, 0.25) is 0 Å². The third-order valence-corrected chi connectivity index (χ3v) is 3.33. The first kappa shape index (κ1) is 25.9. The van der Waals surface area contributed by atoms with Crippen molar-refractivity contribution in [1.29, 1.82) is 0 Å². The topological polar surface area (TPSA) is 37.9 Å². The number of aryl methyl sites for hydroxylation is 2. The molecule has 8 heteroatoms. The summed E-state index contributed by atoms with van der Waals surface area (Å²) in [7, 11) is 3.94. The Bertz CT molecular complexity index is 649. The second-order valence-corrected chi connectivity index (χ2v) is 5.29. The highest BCUT2D eigenvalue weighted by Gasteiger charge is 2.15. The molecule has 0 unspecified atom stereocenters. The van der Waals surface area contributed by atoms with Gasteiger partial charge in [-0.05, 0) is 12.6 Å². The van der Waals surface area contributed by atoms with Crippen molar-refractivity contribution in [3.8, 4) is 0 Å². The quantitative estimate of drug-likeness (QED) is 0.480. The predicted octanol–water partition coefficient (Wildman–Crippen LogP) is -4.41. The van der Waals surface area contributed by atoms with Crippen LogP contribution in [0, 0.1) is 0 Å². The highest BCUT2D eigenvalue weighted by atomic mass is 35.5. The summed E-state index contributed by atoms with van der Waals surface area (Å²) in [4.78, 5) is 12.3. The Kier molecular flexibility index (Phi) is 13.9. The van der Waals surface area contributed by atoms with Crippen LogP contribution >= 0.6 is 0 Å². The van der Waals surface area contributed by atoms with Crippen molar-refractivity contribution in [2.75, 3.05) is 6.54 Å². The van der Waals surface area contributed by atoms with E-state index in [1.165, 1.54) is 0 Å². The summed E-state index contributed by atoms with van der Waals surface area (Å²) in [5, 5.41) is 0.